The van der Waals surface area contributed by atoms with E-state index in [1.165, 1.54) is 17.3 Å². The van der Waals surface area contributed by atoms with Gasteiger partial charge in [0.15, 0.2) is 0 Å². The first-order chi connectivity index (χ1) is 14.6. The number of rotatable bonds is 8. The monoisotopic (exact) mass is 455 g/mol. The average molecular weight is 456 g/mol. The van der Waals surface area contributed by atoms with Crippen molar-refractivity contribution in [2.24, 2.45) is 0 Å². The molecular weight excluding hydrogens is 431 g/mol. The van der Waals surface area contributed by atoms with Crippen LogP contribution in [0.3, 0.4) is 0 Å². The second-order valence-corrected chi connectivity index (χ2v) is 9.29. The number of fused-ring (bicyclic) bond motifs is 1. The van der Waals surface area contributed by atoms with Gasteiger partial charge in [0, 0.05) is 25.3 Å². The molecular formula is C21H24F3N3O3S. The van der Waals surface area contributed by atoms with E-state index in [0.717, 1.165) is 44.0 Å². The van der Waals surface area contributed by atoms with Crippen molar-refractivity contribution in [3.63, 3.8) is 0 Å². The van der Waals surface area contributed by atoms with Gasteiger partial charge in [0.2, 0.25) is 15.9 Å². The van der Waals surface area contributed by atoms with Crippen molar-refractivity contribution in [2.45, 2.75) is 19.0 Å². The Morgan fingerprint density at radius 3 is 2.61 bits per heavy atom. The first-order valence-corrected chi connectivity index (χ1v) is 11.6. The van der Waals surface area contributed by atoms with Gasteiger partial charge in [-0.25, -0.2) is 8.42 Å². The number of nitrogens with one attached hydrogen (secondary N) is 1. The summed E-state index contributed by atoms with van der Waals surface area (Å²) in [6, 6.07) is 12.0. The summed E-state index contributed by atoms with van der Waals surface area (Å²) in [6.07, 6.45) is -2.13. The Kier molecular flexibility index (Phi) is 6.78. The maximum Gasteiger partial charge on any atom is 0.416 e. The van der Waals surface area contributed by atoms with Crippen molar-refractivity contribution >= 4 is 27.3 Å². The molecule has 2 aromatic rings. The van der Waals surface area contributed by atoms with Gasteiger partial charge in [0.05, 0.1) is 17.5 Å². The Hall–Kier alpha value is -2.75. The molecule has 31 heavy (non-hydrogen) atoms. The summed E-state index contributed by atoms with van der Waals surface area (Å²) in [4.78, 5) is 14.5. The summed E-state index contributed by atoms with van der Waals surface area (Å²) < 4.78 is 63.8. The summed E-state index contributed by atoms with van der Waals surface area (Å²) in [7, 11) is -3.96. The minimum absolute atomic E-state index is 0.207. The van der Waals surface area contributed by atoms with Gasteiger partial charge in [0.25, 0.3) is 0 Å². The molecule has 1 aliphatic rings. The molecule has 1 amide bonds. The molecule has 0 aliphatic carbocycles. The fourth-order valence-corrected chi connectivity index (χ4v) is 4.41. The van der Waals surface area contributed by atoms with Gasteiger partial charge < -0.3 is 10.2 Å². The standard InChI is InChI=1S/C21H24F3N3O3S/c1-31(29,30)27(18-8-4-7-17(14-18)21(22,23)24)15-20(28)25-11-5-12-26-13-10-16-6-2-3-9-19(16)26/h2-4,6-9,14H,5,10-13,15H2,1H3,(H,25,28). The van der Waals surface area contributed by atoms with E-state index >= 15 is 0 Å². The van der Waals surface area contributed by atoms with Crippen LogP contribution in [0.2, 0.25) is 0 Å². The van der Waals surface area contributed by atoms with E-state index in [-0.39, 0.29) is 5.69 Å². The van der Waals surface area contributed by atoms with Crippen LogP contribution in [-0.2, 0) is 27.4 Å². The second-order valence-electron chi connectivity index (χ2n) is 7.39. The van der Waals surface area contributed by atoms with E-state index in [9.17, 15) is 26.4 Å². The molecule has 1 N–H and O–H groups in total. The molecule has 0 saturated carbocycles. The molecule has 1 aliphatic heterocycles. The van der Waals surface area contributed by atoms with E-state index in [0.29, 0.717) is 17.3 Å². The largest absolute Gasteiger partial charge is 0.416 e. The van der Waals surface area contributed by atoms with Crippen LogP contribution in [-0.4, -0.2) is 46.8 Å². The molecule has 6 nitrogen and oxygen atoms in total. The van der Waals surface area contributed by atoms with Gasteiger partial charge in [-0.05, 0) is 42.7 Å². The number of alkyl halides is 3. The summed E-state index contributed by atoms with van der Waals surface area (Å²) in [6.45, 7) is 1.38. The van der Waals surface area contributed by atoms with Crippen molar-refractivity contribution in [3.8, 4) is 0 Å². The molecule has 168 valence electrons. The molecule has 0 aromatic heterocycles. The Morgan fingerprint density at radius 1 is 1.16 bits per heavy atom. The minimum Gasteiger partial charge on any atom is -0.371 e. The summed E-state index contributed by atoms with van der Waals surface area (Å²) >= 11 is 0. The topological polar surface area (TPSA) is 69.7 Å². The van der Waals surface area contributed by atoms with Crippen molar-refractivity contribution in [1.29, 1.82) is 0 Å². The van der Waals surface area contributed by atoms with Gasteiger partial charge >= 0.3 is 6.18 Å². The maximum absolute atomic E-state index is 13.0. The number of carbonyl (C=O) groups is 1. The molecule has 0 bridgehead atoms. The van der Waals surface area contributed by atoms with Gasteiger partial charge in [-0.1, -0.05) is 24.3 Å². The van der Waals surface area contributed by atoms with Crippen LogP contribution < -0.4 is 14.5 Å². The molecule has 2 aromatic carbocycles. The van der Waals surface area contributed by atoms with Crippen LogP contribution in [0.25, 0.3) is 0 Å². The van der Waals surface area contributed by atoms with Gasteiger partial charge in [-0.2, -0.15) is 13.2 Å². The van der Waals surface area contributed by atoms with Crippen LogP contribution in [0.4, 0.5) is 24.5 Å². The van der Waals surface area contributed by atoms with Crippen molar-refractivity contribution in [3.05, 3.63) is 59.7 Å². The molecule has 0 atom stereocenters. The van der Waals surface area contributed by atoms with E-state index in [2.05, 4.69) is 22.3 Å². The number of nitrogens with zero attached hydrogens (tertiary/aromatic N) is 2. The third-order valence-electron chi connectivity index (χ3n) is 5.06. The summed E-state index contributed by atoms with van der Waals surface area (Å²) in [5, 5.41) is 2.65. The predicted octanol–water partition coefficient (Wildman–Crippen LogP) is 3.04. The fourth-order valence-electron chi connectivity index (χ4n) is 3.56. The van der Waals surface area contributed by atoms with E-state index in [4.69, 9.17) is 0 Å². The number of benzene rings is 2. The smallest absolute Gasteiger partial charge is 0.371 e. The third kappa shape index (κ3) is 5.90. The molecule has 0 radical (unpaired) electrons. The Balaban J connectivity index is 1.56. The number of amides is 1. The molecule has 0 saturated heterocycles. The SMILES string of the molecule is CS(=O)(=O)N(CC(=O)NCCCN1CCc2ccccc21)c1cccc(C(F)(F)F)c1. The highest BCUT2D eigenvalue weighted by atomic mass is 32.2. The van der Waals surface area contributed by atoms with Crippen molar-refractivity contribution in [2.75, 3.05) is 41.6 Å². The van der Waals surface area contributed by atoms with Gasteiger partial charge in [-0.15, -0.1) is 0 Å². The van der Waals surface area contributed by atoms with Crippen LogP contribution in [0, 0.1) is 0 Å². The lowest BCUT2D eigenvalue weighted by Crippen LogP contribution is -2.41. The molecule has 0 spiro atoms. The van der Waals surface area contributed by atoms with Gasteiger partial charge in [0.1, 0.15) is 6.54 Å². The molecule has 0 unspecified atom stereocenters. The quantitative estimate of drug-likeness (QED) is 0.622. The van der Waals surface area contributed by atoms with Gasteiger partial charge in [-0.3, -0.25) is 9.10 Å². The highest BCUT2D eigenvalue weighted by molar-refractivity contribution is 7.92. The summed E-state index contributed by atoms with van der Waals surface area (Å²) in [5.74, 6) is -0.579. The first kappa shape index (κ1) is 22.9. The normalized spacial score (nSPS) is 13.7. The number of para-hydroxylation sites is 1. The van der Waals surface area contributed by atoms with Crippen LogP contribution in [0.1, 0.15) is 17.5 Å². The number of sulfonamides is 1. The minimum atomic E-state index is -4.62. The predicted molar refractivity (Wildman–Crippen MR) is 114 cm³/mol. The highest BCUT2D eigenvalue weighted by Gasteiger charge is 2.32. The Labute approximate surface area is 179 Å². The van der Waals surface area contributed by atoms with Crippen LogP contribution >= 0.6 is 0 Å². The zero-order valence-corrected chi connectivity index (χ0v) is 17.8. The van der Waals surface area contributed by atoms with Crippen LogP contribution in [0.5, 0.6) is 0 Å². The molecule has 0 fully saturated rings. The van der Waals surface area contributed by atoms with E-state index < -0.39 is 34.2 Å². The lowest BCUT2D eigenvalue weighted by molar-refractivity contribution is -0.137. The maximum atomic E-state index is 13.0. The number of hydrogen-bond acceptors (Lipinski definition) is 4. The zero-order chi connectivity index (χ0) is 22.6. The first-order valence-electron chi connectivity index (χ1n) is 9.80. The molecule has 10 heteroatoms. The highest BCUT2D eigenvalue weighted by Crippen LogP contribution is 2.32. The average Bonchev–Trinajstić information content (AvgIpc) is 3.11. The Bertz CT molecular complexity index is 1040. The number of hydrogen-bond donors (Lipinski definition) is 1. The van der Waals surface area contributed by atoms with Crippen molar-refractivity contribution in [1.82, 2.24) is 5.32 Å². The molecule has 3 rings (SSSR count). The lowest BCUT2D eigenvalue weighted by atomic mass is 10.2. The number of halogens is 3. The third-order valence-corrected chi connectivity index (χ3v) is 6.20. The molecule has 1 heterocycles. The van der Waals surface area contributed by atoms with Crippen LogP contribution in [0.15, 0.2) is 48.5 Å². The van der Waals surface area contributed by atoms with E-state index in [1.807, 2.05) is 12.1 Å². The number of anilines is 2. The van der Waals surface area contributed by atoms with Crippen molar-refractivity contribution < 1.29 is 26.4 Å². The van der Waals surface area contributed by atoms with E-state index in [1.54, 1.807) is 0 Å². The number of carbonyl (C=O) groups excluding carboxylic acids is 1. The zero-order valence-electron chi connectivity index (χ0n) is 17.0. The Morgan fingerprint density at radius 2 is 1.90 bits per heavy atom. The fraction of sp³-hybridized carbons (Fsp3) is 0.381. The summed E-state index contributed by atoms with van der Waals surface area (Å²) in [5.41, 5.74) is 1.28. The lowest BCUT2D eigenvalue weighted by Gasteiger charge is -2.23. The second kappa shape index (κ2) is 9.17.